The molecule has 2 N–H and O–H groups in total. The first kappa shape index (κ1) is 14.1. The Hall–Kier alpha value is -1.36. The third-order valence-corrected chi connectivity index (χ3v) is 3.45. The molecule has 0 amide bonds. The minimum absolute atomic E-state index is 0.388. The van der Waals surface area contributed by atoms with Gasteiger partial charge in [-0.1, -0.05) is 41.4 Å². The summed E-state index contributed by atoms with van der Waals surface area (Å²) in [7, 11) is 1.96. The van der Waals surface area contributed by atoms with Gasteiger partial charge in [-0.3, -0.25) is 4.90 Å². The topological polar surface area (TPSA) is 55.0 Å². The highest BCUT2D eigenvalue weighted by atomic mass is 35.5. The molecule has 0 radical (unpaired) electrons. The van der Waals surface area contributed by atoms with E-state index < -0.39 is 0 Å². The second-order valence-corrected chi connectivity index (χ2v) is 5.06. The van der Waals surface area contributed by atoms with Crippen molar-refractivity contribution in [1.29, 1.82) is 0 Å². The Balaban J connectivity index is 2.10. The van der Waals surface area contributed by atoms with Crippen LogP contribution in [-0.4, -0.2) is 21.9 Å². The van der Waals surface area contributed by atoms with Crippen LogP contribution in [0.1, 0.15) is 11.1 Å². The van der Waals surface area contributed by atoms with E-state index in [0.717, 1.165) is 16.1 Å². The molecular weight excluding hydrogens is 283 g/mol. The lowest BCUT2D eigenvalue weighted by Gasteiger charge is -2.18. The van der Waals surface area contributed by atoms with E-state index in [-0.39, 0.29) is 0 Å². The Morgan fingerprint density at radius 1 is 1.16 bits per heavy atom. The van der Waals surface area contributed by atoms with E-state index in [0.29, 0.717) is 24.1 Å². The second-order valence-electron chi connectivity index (χ2n) is 4.29. The maximum absolute atomic E-state index is 6.13. The van der Waals surface area contributed by atoms with Crippen LogP contribution in [0.25, 0.3) is 0 Å². The van der Waals surface area contributed by atoms with E-state index in [1.54, 1.807) is 0 Å². The highest BCUT2D eigenvalue weighted by Gasteiger charge is 2.11. The Labute approximate surface area is 122 Å². The van der Waals surface area contributed by atoms with Crippen molar-refractivity contribution in [3.63, 3.8) is 0 Å². The number of benzene rings is 1. The van der Waals surface area contributed by atoms with Gasteiger partial charge in [-0.25, -0.2) is 9.97 Å². The zero-order valence-electron chi connectivity index (χ0n) is 10.5. The number of hydrogen-bond donors (Lipinski definition) is 1. The van der Waals surface area contributed by atoms with Crippen molar-refractivity contribution < 1.29 is 0 Å². The largest absolute Gasteiger partial charge is 0.383 e. The molecule has 2 aromatic rings. The first-order chi connectivity index (χ1) is 9.08. The fraction of sp³-hybridized carbons (Fsp3) is 0.231. The number of nitrogens with two attached hydrogens (primary N) is 1. The minimum Gasteiger partial charge on any atom is -0.383 e. The summed E-state index contributed by atoms with van der Waals surface area (Å²) in [5.41, 5.74) is 7.59. The lowest BCUT2D eigenvalue weighted by molar-refractivity contribution is 0.319. The van der Waals surface area contributed by atoms with E-state index in [9.17, 15) is 0 Å². The molecule has 1 aromatic heterocycles. The number of nitrogen functional groups attached to an aromatic ring is 1. The summed E-state index contributed by atoms with van der Waals surface area (Å²) in [6.07, 6.45) is 1.36. The zero-order chi connectivity index (χ0) is 13.8. The third-order valence-electron chi connectivity index (χ3n) is 2.75. The summed E-state index contributed by atoms with van der Waals surface area (Å²) in [6, 6.07) is 7.73. The van der Waals surface area contributed by atoms with Gasteiger partial charge in [0.2, 0.25) is 0 Å². The van der Waals surface area contributed by atoms with Crippen molar-refractivity contribution in [2.75, 3.05) is 12.8 Å². The first-order valence-electron chi connectivity index (χ1n) is 5.74. The molecule has 0 aliphatic rings. The normalized spacial score (nSPS) is 10.9. The SMILES string of the molecule is CN(Cc1ccccc1Cl)Cc1c(N)ncnc1Cl. The maximum atomic E-state index is 6.13. The molecule has 0 atom stereocenters. The Morgan fingerprint density at radius 2 is 1.89 bits per heavy atom. The summed E-state index contributed by atoms with van der Waals surface area (Å²) in [6.45, 7) is 1.26. The van der Waals surface area contributed by atoms with Crippen LogP contribution in [0.15, 0.2) is 30.6 Å². The molecule has 0 aliphatic carbocycles. The highest BCUT2D eigenvalue weighted by Crippen LogP contribution is 2.21. The predicted octanol–water partition coefficient (Wildman–Crippen LogP) is 3.00. The smallest absolute Gasteiger partial charge is 0.139 e. The number of nitrogens with zero attached hydrogens (tertiary/aromatic N) is 3. The summed E-state index contributed by atoms with van der Waals surface area (Å²) >= 11 is 12.2. The van der Waals surface area contributed by atoms with Gasteiger partial charge in [0.15, 0.2) is 0 Å². The number of aromatic nitrogens is 2. The first-order valence-corrected chi connectivity index (χ1v) is 6.50. The van der Waals surface area contributed by atoms with Crippen molar-refractivity contribution in [3.8, 4) is 0 Å². The van der Waals surface area contributed by atoms with Gasteiger partial charge in [0.05, 0.1) is 0 Å². The van der Waals surface area contributed by atoms with Crippen molar-refractivity contribution in [2.24, 2.45) is 0 Å². The standard InChI is InChI=1S/C13H14Cl2N4/c1-19(6-9-4-2-3-5-11(9)14)7-10-12(15)17-8-18-13(10)16/h2-5,8H,6-7H2,1H3,(H2,16,17,18). The molecule has 6 heteroatoms. The van der Waals surface area contributed by atoms with Crippen LogP contribution >= 0.6 is 23.2 Å². The Kier molecular flexibility index (Phi) is 4.58. The molecule has 1 heterocycles. The minimum atomic E-state index is 0.388. The fourth-order valence-corrected chi connectivity index (χ4v) is 2.19. The fourth-order valence-electron chi connectivity index (χ4n) is 1.79. The molecular formula is C13H14Cl2N4. The summed E-state index contributed by atoms with van der Waals surface area (Å²) < 4.78 is 0. The van der Waals surface area contributed by atoms with Gasteiger partial charge in [0, 0.05) is 23.7 Å². The molecule has 19 heavy (non-hydrogen) atoms. The molecule has 4 nitrogen and oxygen atoms in total. The van der Waals surface area contributed by atoms with Gasteiger partial charge >= 0.3 is 0 Å². The van der Waals surface area contributed by atoms with Crippen molar-refractivity contribution in [3.05, 3.63) is 51.9 Å². The molecule has 2 rings (SSSR count). The van der Waals surface area contributed by atoms with Crippen molar-refractivity contribution >= 4 is 29.0 Å². The van der Waals surface area contributed by atoms with Gasteiger partial charge in [-0.15, -0.1) is 0 Å². The van der Waals surface area contributed by atoms with Gasteiger partial charge < -0.3 is 5.73 Å². The summed E-state index contributed by atoms with van der Waals surface area (Å²) in [4.78, 5) is 9.94. The van der Waals surface area contributed by atoms with Gasteiger partial charge in [0.1, 0.15) is 17.3 Å². The van der Waals surface area contributed by atoms with Gasteiger partial charge in [0.25, 0.3) is 0 Å². The van der Waals surface area contributed by atoms with Crippen LogP contribution in [-0.2, 0) is 13.1 Å². The number of hydrogen-bond acceptors (Lipinski definition) is 4. The van der Waals surface area contributed by atoms with Gasteiger partial charge in [-0.05, 0) is 18.7 Å². The number of rotatable bonds is 4. The lowest BCUT2D eigenvalue weighted by Crippen LogP contribution is -2.19. The molecule has 0 spiro atoms. The molecule has 0 aliphatic heterocycles. The van der Waals surface area contributed by atoms with Crippen molar-refractivity contribution in [2.45, 2.75) is 13.1 Å². The Bertz CT molecular complexity index is 554. The quantitative estimate of drug-likeness (QED) is 0.881. The number of halogens is 2. The van der Waals surface area contributed by atoms with Gasteiger partial charge in [-0.2, -0.15) is 0 Å². The summed E-state index contributed by atoms with van der Waals surface area (Å²) in [5.74, 6) is 0.408. The van der Waals surface area contributed by atoms with Crippen LogP contribution in [0.5, 0.6) is 0 Å². The summed E-state index contributed by atoms with van der Waals surface area (Å²) in [5, 5.41) is 1.14. The van der Waals surface area contributed by atoms with Crippen LogP contribution in [0.3, 0.4) is 0 Å². The molecule has 0 saturated heterocycles. The average molecular weight is 297 g/mol. The number of anilines is 1. The van der Waals surface area contributed by atoms with Crippen LogP contribution in [0.2, 0.25) is 10.2 Å². The van der Waals surface area contributed by atoms with Crippen LogP contribution in [0, 0.1) is 0 Å². The molecule has 0 unspecified atom stereocenters. The van der Waals surface area contributed by atoms with Crippen LogP contribution in [0.4, 0.5) is 5.82 Å². The van der Waals surface area contributed by atoms with E-state index >= 15 is 0 Å². The van der Waals surface area contributed by atoms with E-state index in [2.05, 4.69) is 14.9 Å². The monoisotopic (exact) mass is 296 g/mol. The van der Waals surface area contributed by atoms with E-state index in [4.69, 9.17) is 28.9 Å². The van der Waals surface area contributed by atoms with Crippen molar-refractivity contribution in [1.82, 2.24) is 14.9 Å². The van der Waals surface area contributed by atoms with Crippen LogP contribution < -0.4 is 5.73 Å². The molecule has 100 valence electrons. The average Bonchev–Trinajstić information content (AvgIpc) is 2.37. The lowest BCUT2D eigenvalue weighted by atomic mass is 10.2. The Morgan fingerprint density at radius 3 is 2.58 bits per heavy atom. The molecule has 0 saturated carbocycles. The highest BCUT2D eigenvalue weighted by molar-refractivity contribution is 6.31. The second kappa shape index (κ2) is 6.19. The maximum Gasteiger partial charge on any atom is 0.139 e. The van der Waals surface area contributed by atoms with E-state index in [1.807, 2.05) is 31.3 Å². The molecule has 0 bridgehead atoms. The van der Waals surface area contributed by atoms with E-state index in [1.165, 1.54) is 6.33 Å². The molecule has 0 fully saturated rings. The zero-order valence-corrected chi connectivity index (χ0v) is 12.0. The third kappa shape index (κ3) is 3.56. The molecule has 1 aromatic carbocycles. The predicted molar refractivity (Wildman–Crippen MR) is 78.1 cm³/mol.